The molecule has 240 valence electrons. The van der Waals surface area contributed by atoms with E-state index in [1.807, 2.05) is 13.8 Å². The normalized spacial score (nSPS) is 12.1. The van der Waals surface area contributed by atoms with Gasteiger partial charge in [-0.25, -0.2) is 22.3 Å². The molecule has 0 aliphatic carbocycles. The monoisotopic (exact) mass is 657 g/mol. The van der Waals surface area contributed by atoms with Crippen molar-refractivity contribution in [2.45, 2.75) is 83.7 Å². The van der Waals surface area contributed by atoms with E-state index in [1.165, 1.54) is 34.9 Å². The number of unbranched alkanes of at least 4 members (excludes halogenated alkanes) is 1. The maximum absolute atomic E-state index is 15.8. The van der Waals surface area contributed by atoms with Crippen LogP contribution in [0.1, 0.15) is 70.8 Å². The van der Waals surface area contributed by atoms with Crippen LogP contribution >= 0.6 is 11.6 Å². The number of aromatic nitrogens is 3. The molecule has 0 spiro atoms. The van der Waals surface area contributed by atoms with Gasteiger partial charge in [-0.05, 0) is 69.0 Å². The Morgan fingerprint density at radius 2 is 1.76 bits per heavy atom. The first-order chi connectivity index (χ1) is 21.1. The van der Waals surface area contributed by atoms with Gasteiger partial charge in [0.1, 0.15) is 11.6 Å². The second-order valence-corrected chi connectivity index (χ2v) is 14.0. The lowest BCUT2D eigenvalue weighted by molar-refractivity contribution is -0.384. The van der Waals surface area contributed by atoms with Gasteiger partial charge in [0.2, 0.25) is 10.0 Å². The van der Waals surface area contributed by atoms with Crippen LogP contribution in [-0.2, 0) is 29.4 Å². The van der Waals surface area contributed by atoms with Crippen molar-refractivity contribution in [3.8, 4) is 16.8 Å². The van der Waals surface area contributed by atoms with Crippen LogP contribution in [-0.4, -0.2) is 33.2 Å². The van der Waals surface area contributed by atoms with Gasteiger partial charge in [0.25, 0.3) is 5.69 Å². The summed E-state index contributed by atoms with van der Waals surface area (Å²) < 4.78 is 47.6. The summed E-state index contributed by atoms with van der Waals surface area (Å²) in [6.07, 6.45) is 3.51. The zero-order chi connectivity index (χ0) is 33.1. The van der Waals surface area contributed by atoms with Gasteiger partial charge in [-0.15, -0.1) is 5.10 Å². The molecule has 0 saturated heterocycles. The maximum atomic E-state index is 15.8. The summed E-state index contributed by atoms with van der Waals surface area (Å²) in [5, 5.41) is 15.9. The summed E-state index contributed by atoms with van der Waals surface area (Å²) in [5.41, 5.74) is 0.299. The van der Waals surface area contributed by atoms with E-state index in [1.54, 1.807) is 45.0 Å². The lowest BCUT2D eigenvalue weighted by Gasteiger charge is -2.22. The third-order valence-corrected chi connectivity index (χ3v) is 9.20. The van der Waals surface area contributed by atoms with Gasteiger partial charge >= 0.3 is 5.69 Å². The summed E-state index contributed by atoms with van der Waals surface area (Å²) in [6.45, 7) is 9.08. The Labute approximate surface area is 267 Å². The molecule has 0 bridgehead atoms. The quantitative estimate of drug-likeness (QED) is 0.131. The second kappa shape index (κ2) is 13.6. The van der Waals surface area contributed by atoms with Crippen molar-refractivity contribution in [2.24, 2.45) is 0 Å². The Hall–Kier alpha value is -3.87. The number of hydrogen-bond acceptors (Lipinski definition) is 6. The van der Waals surface area contributed by atoms with Crippen molar-refractivity contribution >= 4 is 27.3 Å². The molecule has 0 amide bonds. The molecule has 1 aromatic heterocycles. The third kappa shape index (κ3) is 7.86. The predicted molar refractivity (Wildman–Crippen MR) is 173 cm³/mol. The number of non-ortho nitro benzene ring substituents is 1. The molecule has 4 rings (SSSR count). The van der Waals surface area contributed by atoms with E-state index in [-0.39, 0.29) is 33.4 Å². The van der Waals surface area contributed by atoms with Crippen molar-refractivity contribution in [1.82, 2.24) is 19.1 Å². The van der Waals surface area contributed by atoms with Crippen molar-refractivity contribution < 1.29 is 17.7 Å². The molecule has 3 aromatic carbocycles. The number of benzene rings is 3. The molecule has 0 aliphatic rings. The fraction of sp³-hybridized carbons (Fsp3) is 0.375. The zero-order valence-electron chi connectivity index (χ0n) is 25.9. The van der Waals surface area contributed by atoms with Gasteiger partial charge in [0.05, 0.1) is 27.1 Å². The van der Waals surface area contributed by atoms with Gasteiger partial charge in [-0.1, -0.05) is 56.5 Å². The number of sulfonamides is 1. The molecule has 0 atom stereocenters. The van der Waals surface area contributed by atoms with Gasteiger partial charge in [0.15, 0.2) is 0 Å². The molecule has 0 fully saturated rings. The smallest absolute Gasteiger partial charge is 0.274 e. The summed E-state index contributed by atoms with van der Waals surface area (Å²) >= 11 is 6.31. The summed E-state index contributed by atoms with van der Waals surface area (Å²) in [6, 6.07) is 13.3. The topological polar surface area (TPSA) is 129 Å². The first-order valence-corrected chi connectivity index (χ1v) is 16.6. The lowest BCUT2D eigenvalue weighted by Crippen LogP contribution is -2.40. The van der Waals surface area contributed by atoms with Crippen LogP contribution < -0.4 is 10.4 Å². The SMILES string of the molecule is CCCCc1nn(-c2cc([N+](=O)[O-])ccc2Cl)c(=O)n1Cc1ccc(-c2cc(CCC)ccc2S(=O)(=O)NC(C)(C)C)cc1F. The highest BCUT2D eigenvalue weighted by molar-refractivity contribution is 7.89. The largest absolute Gasteiger partial charge is 0.351 e. The summed E-state index contributed by atoms with van der Waals surface area (Å²) in [7, 11) is -3.94. The molecule has 4 aromatic rings. The van der Waals surface area contributed by atoms with Gasteiger partial charge in [-0.3, -0.25) is 14.7 Å². The van der Waals surface area contributed by atoms with Crippen molar-refractivity contribution in [2.75, 3.05) is 0 Å². The molecule has 1 N–H and O–H groups in total. The molecule has 0 unspecified atom stereocenters. The number of hydrogen-bond donors (Lipinski definition) is 1. The molecule has 1 heterocycles. The molecule has 0 aliphatic heterocycles. The Bertz CT molecular complexity index is 1900. The Morgan fingerprint density at radius 1 is 1.02 bits per heavy atom. The van der Waals surface area contributed by atoms with Gasteiger partial charge < -0.3 is 0 Å². The van der Waals surface area contributed by atoms with E-state index in [0.717, 1.165) is 29.5 Å². The first-order valence-electron chi connectivity index (χ1n) is 14.7. The average molecular weight is 658 g/mol. The van der Waals surface area contributed by atoms with Gasteiger partial charge in [-0.2, -0.15) is 4.68 Å². The van der Waals surface area contributed by atoms with Crippen molar-refractivity contribution in [1.29, 1.82) is 0 Å². The van der Waals surface area contributed by atoms with Crippen LogP contribution in [0.5, 0.6) is 0 Å². The van der Waals surface area contributed by atoms with Crippen molar-refractivity contribution in [3.63, 3.8) is 0 Å². The third-order valence-electron chi connectivity index (χ3n) is 7.07. The molecule has 45 heavy (non-hydrogen) atoms. The van der Waals surface area contributed by atoms with Crippen LogP contribution in [0.15, 0.2) is 64.3 Å². The number of rotatable bonds is 12. The van der Waals surface area contributed by atoms with E-state index in [2.05, 4.69) is 9.82 Å². The maximum Gasteiger partial charge on any atom is 0.351 e. The van der Waals surface area contributed by atoms with E-state index >= 15 is 4.39 Å². The van der Waals surface area contributed by atoms with Gasteiger partial charge in [0, 0.05) is 35.2 Å². The predicted octanol–water partition coefficient (Wildman–Crippen LogP) is 6.82. The molecular weight excluding hydrogens is 621 g/mol. The summed E-state index contributed by atoms with van der Waals surface area (Å²) in [5.74, 6) is -0.253. The number of nitrogens with zero attached hydrogens (tertiary/aromatic N) is 4. The van der Waals surface area contributed by atoms with Crippen LogP contribution in [0.25, 0.3) is 16.8 Å². The molecular formula is C32H37ClFN5O5S. The number of nitro benzene ring substituents is 1. The Morgan fingerprint density at radius 3 is 2.38 bits per heavy atom. The molecule has 0 radical (unpaired) electrons. The molecule has 13 heteroatoms. The highest BCUT2D eigenvalue weighted by Crippen LogP contribution is 2.31. The Kier molecular flexibility index (Phi) is 10.3. The van der Waals surface area contributed by atoms with Crippen LogP contribution in [0, 0.1) is 15.9 Å². The van der Waals surface area contributed by atoms with E-state index in [9.17, 15) is 23.3 Å². The molecule has 10 nitrogen and oxygen atoms in total. The van der Waals surface area contributed by atoms with E-state index < -0.39 is 32.0 Å². The standard InChI is InChI=1S/C32H37ClFN5O5S/c1-6-8-10-30-35-38(28-19-24(39(41)42)14-15-26(28)33)31(40)37(30)20-23-13-12-22(18-27(23)34)25-17-21(9-7-2)11-16-29(25)45(43,44)36-32(3,4)5/h11-19,36H,6-10,20H2,1-5H3. The number of nitrogens with one attached hydrogen (secondary N) is 1. The zero-order valence-corrected chi connectivity index (χ0v) is 27.5. The van der Waals surface area contributed by atoms with Crippen LogP contribution in [0.3, 0.4) is 0 Å². The highest BCUT2D eigenvalue weighted by Gasteiger charge is 2.26. The summed E-state index contributed by atoms with van der Waals surface area (Å²) in [4.78, 5) is 24.4. The van der Waals surface area contributed by atoms with E-state index in [0.29, 0.717) is 29.8 Å². The van der Waals surface area contributed by atoms with Crippen LogP contribution in [0.2, 0.25) is 5.02 Å². The van der Waals surface area contributed by atoms with Crippen molar-refractivity contribution in [3.05, 3.63) is 103 Å². The lowest BCUT2D eigenvalue weighted by atomic mass is 9.99. The minimum absolute atomic E-state index is 0.0395. The minimum Gasteiger partial charge on any atom is -0.274 e. The number of aryl methyl sites for hydroxylation is 2. The van der Waals surface area contributed by atoms with Crippen LogP contribution in [0.4, 0.5) is 10.1 Å². The molecule has 0 saturated carbocycles. The second-order valence-electron chi connectivity index (χ2n) is 11.9. The van der Waals surface area contributed by atoms with E-state index in [4.69, 9.17) is 11.6 Å². The number of nitro groups is 1. The fourth-order valence-electron chi connectivity index (χ4n) is 5.00. The minimum atomic E-state index is -3.94. The fourth-order valence-corrected chi connectivity index (χ4v) is 6.83. The highest BCUT2D eigenvalue weighted by atomic mass is 35.5. The Balaban J connectivity index is 1.79. The number of halogens is 2. The average Bonchev–Trinajstić information content (AvgIpc) is 3.26. The first kappa shape index (κ1) is 34.0.